The molecule has 3 N–H and O–H groups in total. The number of nitrogens with zero attached hydrogens (tertiary/aromatic N) is 1. The van der Waals surface area contributed by atoms with Gasteiger partial charge >= 0.3 is 0 Å². The number of nitrogens with one attached hydrogen (secondary N) is 3. The van der Waals surface area contributed by atoms with Gasteiger partial charge in [0, 0.05) is 19.1 Å². The first-order chi connectivity index (χ1) is 13.8. The summed E-state index contributed by atoms with van der Waals surface area (Å²) in [5, 5.41) is 10.9. The Kier molecular flexibility index (Phi) is 9.13. The third-order valence-corrected chi connectivity index (χ3v) is 6.49. The van der Waals surface area contributed by atoms with E-state index in [2.05, 4.69) is 44.1 Å². The molecular weight excluding hydrogens is 404 g/mol. The van der Waals surface area contributed by atoms with E-state index >= 15 is 0 Å². The quantitative estimate of drug-likeness (QED) is 0.394. The second-order valence-electron chi connectivity index (χ2n) is 7.38. The molecule has 0 fully saturated rings. The van der Waals surface area contributed by atoms with Gasteiger partial charge in [-0.1, -0.05) is 31.2 Å². The zero-order valence-corrected chi connectivity index (χ0v) is 19.2. The van der Waals surface area contributed by atoms with Crippen molar-refractivity contribution in [2.45, 2.75) is 52.0 Å². The highest BCUT2D eigenvalue weighted by atomic mass is 32.2. The monoisotopic (exact) mass is 436 g/mol. The fourth-order valence-electron chi connectivity index (χ4n) is 2.80. The molecule has 0 spiro atoms. The Balaban J connectivity index is 1.93. The summed E-state index contributed by atoms with van der Waals surface area (Å²) in [5.41, 5.74) is 3.13. The second kappa shape index (κ2) is 11.3. The topological polar surface area (TPSA) is 82.6 Å². The van der Waals surface area contributed by atoms with E-state index in [-0.39, 0.29) is 11.8 Å². The molecule has 1 atom stereocenters. The highest BCUT2D eigenvalue weighted by Crippen LogP contribution is 2.17. The maximum Gasteiger partial charge on any atom is 0.216 e. The number of aliphatic imine (C=N–C) groups is 1. The Morgan fingerprint density at radius 3 is 2.34 bits per heavy atom. The molecule has 0 aliphatic heterocycles. The Morgan fingerprint density at radius 1 is 1.07 bits per heavy atom. The number of thiophene rings is 1. The Morgan fingerprint density at radius 2 is 1.76 bits per heavy atom. The van der Waals surface area contributed by atoms with Gasteiger partial charge in [-0.3, -0.25) is 0 Å². The summed E-state index contributed by atoms with van der Waals surface area (Å²) in [6, 6.07) is 9.61. The molecule has 0 aliphatic carbocycles. The lowest BCUT2D eigenvalue weighted by Gasteiger charge is -2.15. The summed E-state index contributed by atoms with van der Waals surface area (Å²) >= 11 is 1.71. The summed E-state index contributed by atoms with van der Waals surface area (Å²) in [4.78, 5) is 4.65. The average molecular weight is 437 g/mol. The molecular formula is C21H32N4O2S2. The molecule has 1 heterocycles. The standard InChI is InChI=1S/C21H32N4O2S2/c1-5-22-21(23-12-17(4)20-10-11-28-14-20)24-13-18-6-8-19(9-7-18)15-29(26,27)25-16(2)3/h6-11,14,16-17,25H,5,12-13,15H2,1-4H3,(H2,22,23,24). The summed E-state index contributed by atoms with van der Waals surface area (Å²) in [5.74, 6) is 1.17. The van der Waals surface area contributed by atoms with E-state index < -0.39 is 10.0 Å². The van der Waals surface area contributed by atoms with Crippen LogP contribution in [-0.4, -0.2) is 33.5 Å². The van der Waals surface area contributed by atoms with Gasteiger partial charge in [-0.05, 0) is 60.2 Å². The summed E-state index contributed by atoms with van der Waals surface area (Å²) in [7, 11) is -3.31. The summed E-state index contributed by atoms with van der Waals surface area (Å²) in [6.07, 6.45) is 0. The van der Waals surface area contributed by atoms with Gasteiger partial charge < -0.3 is 10.6 Å². The van der Waals surface area contributed by atoms with E-state index in [9.17, 15) is 8.42 Å². The minimum atomic E-state index is -3.31. The van der Waals surface area contributed by atoms with Crippen molar-refractivity contribution < 1.29 is 8.42 Å². The Labute approximate surface area is 178 Å². The molecule has 0 saturated heterocycles. The fourth-order valence-corrected chi connectivity index (χ4v) is 5.01. The molecule has 0 saturated carbocycles. The van der Waals surface area contributed by atoms with Gasteiger partial charge in [0.1, 0.15) is 0 Å². The lowest BCUT2D eigenvalue weighted by atomic mass is 10.1. The van der Waals surface area contributed by atoms with Crippen molar-refractivity contribution in [2.24, 2.45) is 4.99 Å². The van der Waals surface area contributed by atoms with Crippen molar-refractivity contribution in [1.82, 2.24) is 15.4 Å². The molecule has 0 aliphatic rings. The van der Waals surface area contributed by atoms with E-state index in [4.69, 9.17) is 0 Å². The molecule has 8 heteroatoms. The number of sulfonamides is 1. The highest BCUT2D eigenvalue weighted by Gasteiger charge is 2.12. The molecule has 2 aromatic rings. The van der Waals surface area contributed by atoms with Gasteiger partial charge in [-0.2, -0.15) is 11.3 Å². The largest absolute Gasteiger partial charge is 0.357 e. The third kappa shape index (κ3) is 8.55. The van der Waals surface area contributed by atoms with Crippen LogP contribution in [0.2, 0.25) is 0 Å². The van der Waals surface area contributed by atoms with Crippen LogP contribution < -0.4 is 15.4 Å². The summed E-state index contributed by atoms with van der Waals surface area (Å²) < 4.78 is 26.7. The van der Waals surface area contributed by atoms with Crippen molar-refractivity contribution in [2.75, 3.05) is 13.1 Å². The molecule has 2 rings (SSSR count). The minimum Gasteiger partial charge on any atom is -0.357 e. The molecule has 6 nitrogen and oxygen atoms in total. The van der Waals surface area contributed by atoms with Crippen molar-refractivity contribution in [3.05, 3.63) is 57.8 Å². The highest BCUT2D eigenvalue weighted by molar-refractivity contribution is 7.88. The number of rotatable bonds is 10. The number of hydrogen-bond acceptors (Lipinski definition) is 4. The van der Waals surface area contributed by atoms with Gasteiger partial charge in [0.05, 0.1) is 12.3 Å². The van der Waals surface area contributed by atoms with Gasteiger partial charge in [0.15, 0.2) is 5.96 Å². The van der Waals surface area contributed by atoms with E-state index in [1.165, 1.54) is 5.56 Å². The van der Waals surface area contributed by atoms with Crippen LogP contribution in [-0.2, 0) is 22.3 Å². The van der Waals surface area contributed by atoms with Crippen LogP contribution in [0.3, 0.4) is 0 Å². The average Bonchev–Trinajstić information content (AvgIpc) is 3.18. The molecule has 1 aromatic heterocycles. The van der Waals surface area contributed by atoms with Gasteiger partial charge in [0.2, 0.25) is 10.0 Å². The van der Waals surface area contributed by atoms with Gasteiger partial charge in [0.25, 0.3) is 0 Å². The molecule has 0 bridgehead atoms. The van der Waals surface area contributed by atoms with Crippen molar-refractivity contribution in [3.8, 4) is 0 Å². The summed E-state index contributed by atoms with van der Waals surface area (Å²) in [6.45, 7) is 9.99. The number of benzene rings is 1. The van der Waals surface area contributed by atoms with E-state index in [1.807, 2.05) is 45.0 Å². The predicted molar refractivity (Wildman–Crippen MR) is 123 cm³/mol. The van der Waals surface area contributed by atoms with Gasteiger partial charge in [-0.25, -0.2) is 18.1 Å². The van der Waals surface area contributed by atoms with Crippen molar-refractivity contribution >= 4 is 27.3 Å². The normalized spacial score (nSPS) is 13.5. The molecule has 0 radical (unpaired) electrons. The first kappa shape index (κ1) is 23.4. The zero-order chi connectivity index (χ0) is 21.3. The van der Waals surface area contributed by atoms with Crippen LogP contribution in [0.25, 0.3) is 0 Å². The maximum atomic E-state index is 12.0. The fraction of sp³-hybridized carbons (Fsp3) is 0.476. The van der Waals surface area contributed by atoms with E-state index in [0.29, 0.717) is 12.5 Å². The number of guanidine groups is 1. The Bertz CT molecular complexity index is 861. The van der Waals surface area contributed by atoms with Crippen LogP contribution in [0.1, 0.15) is 50.3 Å². The molecule has 160 valence electrons. The van der Waals surface area contributed by atoms with Crippen molar-refractivity contribution in [1.29, 1.82) is 0 Å². The SMILES string of the molecule is CCNC(=NCc1ccc(CS(=O)(=O)NC(C)C)cc1)NCC(C)c1ccsc1. The smallest absolute Gasteiger partial charge is 0.216 e. The lowest BCUT2D eigenvalue weighted by Crippen LogP contribution is -2.39. The van der Waals surface area contributed by atoms with E-state index in [0.717, 1.165) is 30.2 Å². The lowest BCUT2D eigenvalue weighted by molar-refractivity contribution is 0.569. The van der Waals surface area contributed by atoms with Crippen LogP contribution in [0.15, 0.2) is 46.1 Å². The zero-order valence-electron chi connectivity index (χ0n) is 17.6. The second-order valence-corrected chi connectivity index (χ2v) is 9.92. The molecule has 1 aromatic carbocycles. The van der Waals surface area contributed by atoms with Gasteiger partial charge in [-0.15, -0.1) is 0 Å². The molecule has 0 amide bonds. The van der Waals surface area contributed by atoms with E-state index in [1.54, 1.807) is 11.3 Å². The Hall–Kier alpha value is -1.90. The van der Waals surface area contributed by atoms with Crippen LogP contribution in [0.4, 0.5) is 0 Å². The predicted octanol–water partition coefficient (Wildman–Crippen LogP) is 3.43. The molecule has 1 unspecified atom stereocenters. The third-order valence-electron chi connectivity index (χ3n) is 4.25. The van der Waals surface area contributed by atoms with Crippen LogP contribution in [0.5, 0.6) is 0 Å². The first-order valence-corrected chi connectivity index (χ1v) is 12.5. The number of hydrogen-bond donors (Lipinski definition) is 3. The van der Waals surface area contributed by atoms with Crippen LogP contribution in [0, 0.1) is 0 Å². The maximum absolute atomic E-state index is 12.0. The first-order valence-electron chi connectivity index (χ1n) is 9.91. The van der Waals surface area contributed by atoms with Crippen LogP contribution >= 0.6 is 11.3 Å². The van der Waals surface area contributed by atoms with Crippen molar-refractivity contribution in [3.63, 3.8) is 0 Å². The molecule has 29 heavy (non-hydrogen) atoms. The minimum absolute atomic E-state index is 0.0145.